The molecule has 0 atom stereocenters. The van der Waals surface area contributed by atoms with E-state index >= 15 is 0 Å². The van der Waals surface area contributed by atoms with Crippen molar-refractivity contribution in [1.82, 2.24) is 14.9 Å². The molecule has 0 radical (unpaired) electrons. The Bertz CT molecular complexity index is 2070. The number of nitrogens with one attached hydrogen (secondary N) is 1. The molecule has 0 aliphatic rings. The molecular weight excluding hydrogens is 687 g/mol. The second-order valence-electron chi connectivity index (χ2n) is 10.7. The number of aromatic nitrogens is 2. The van der Waals surface area contributed by atoms with Gasteiger partial charge in [0.05, 0.1) is 42.8 Å². The highest BCUT2D eigenvalue weighted by Gasteiger charge is 2.15. The lowest BCUT2D eigenvalue weighted by Gasteiger charge is -2.20. The Balaban J connectivity index is 1.29. The molecule has 0 spiro atoms. The first kappa shape index (κ1) is 35.2. The Kier molecular flexibility index (Phi) is 11.3. The van der Waals surface area contributed by atoms with Crippen molar-refractivity contribution >= 4 is 54.2 Å². The molecule has 5 aromatic rings. The van der Waals surface area contributed by atoms with Crippen LogP contribution >= 0.6 is 11.6 Å². The summed E-state index contributed by atoms with van der Waals surface area (Å²) in [4.78, 5) is 10.6. The Labute approximate surface area is 282 Å². The van der Waals surface area contributed by atoms with Gasteiger partial charge in [0.15, 0.2) is 0 Å². The van der Waals surface area contributed by atoms with Gasteiger partial charge < -0.3 is 14.5 Å². The number of nitrogens with zero attached hydrogens (tertiary/aromatic N) is 3. The van der Waals surface area contributed by atoms with E-state index < -0.39 is 20.2 Å². The standard InChI is InChI=1S/C32H32ClFN4O8S2/c1-47(39,40)44-14-12-38(13-15-45-48(2,41)42)19-26-8-11-30(46-26)23-6-9-29-27(17-23)32(36-21-35-29)37-25-7-10-31(28(33)18-25)43-20-22-4-3-5-24(34)16-22/h3-11,16-18,21H,12-15,19-20H2,1-2H3,(H,35,36,37). The second-order valence-corrected chi connectivity index (χ2v) is 14.4. The molecule has 254 valence electrons. The van der Waals surface area contributed by atoms with Crippen molar-refractivity contribution in [3.63, 3.8) is 0 Å². The minimum atomic E-state index is -3.64. The number of rotatable bonds is 16. The van der Waals surface area contributed by atoms with Crippen molar-refractivity contribution in [3.8, 4) is 17.1 Å². The van der Waals surface area contributed by atoms with Crippen molar-refractivity contribution in [3.05, 3.63) is 101 Å². The molecule has 0 fully saturated rings. The largest absolute Gasteiger partial charge is 0.487 e. The summed E-state index contributed by atoms with van der Waals surface area (Å²) in [6.45, 7) is 0.520. The smallest absolute Gasteiger partial charge is 0.264 e. The molecule has 48 heavy (non-hydrogen) atoms. The molecule has 12 nitrogen and oxygen atoms in total. The van der Waals surface area contributed by atoms with Crippen LogP contribution in [0.1, 0.15) is 11.3 Å². The third-order valence-corrected chi connectivity index (χ3v) is 8.33. The molecular formula is C32H32ClFN4O8S2. The van der Waals surface area contributed by atoms with Gasteiger partial charge in [0.1, 0.15) is 41.8 Å². The van der Waals surface area contributed by atoms with E-state index in [1.807, 2.05) is 18.2 Å². The molecule has 0 saturated carbocycles. The molecule has 16 heteroatoms. The van der Waals surface area contributed by atoms with Gasteiger partial charge in [-0.05, 0) is 66.2 Å². The average molecular weight is 719 g/mol. The third kappa shape index (κ3) is 10.4. The Morgan fingerprint density at radius 3 is 2.33 bits per heavy atom. The molecule has 2 aromatic heterocycles. The zero-order chi connectivity index (χ0) is 34.3. The molecule has 3 aromatic carbocycles. The van der Waals surface area contributed by atoms with Crippen molar-refractivity contribution in [2.45, 2.75) is 13.2 Å². The van der Waals surface area contributed by atoms with E-state index in [0.29, 0.717) is 50.3 Å². The van der Waals surface area contributed by atoms with Gasteiger partial charge in [-0.2, -0.15) is 16.8 Å². The van der Waals surface area contributed by atoms with Crippen LogP contribution in [-0.2, 0) is 41.8 Å². The van der Waals surface area contributed by atoms with Crippen LogP contribution < -0.4 is 10.1 Å². The number of halogens is 2. The lowest BCUT2D eigenvalue weighted by Crippen LogP contribution is -2.31. The van der Waals surface area contributed by atoms with Crippen molar-refractivity contribution < 1.29 is 38.7 Å². The first-order chi connectivity index (χ1) is 22.8. The Morgan fingerprint density at radius 1 is 0.896 bits per heavy atom. The number of hydrogen-bond donors (Lipinski definition) is 1. The van der Waals surface area contributed by atoms with Crippen LogP contribution in [0.2, 0.25) is 5.02 Å². The predicted molar refractivity (Wildman–Crippen MR) is 180 cm³/mol. The second kappa shape index (κ2) is 15.4. The van der Waals surface area contributed by atoms with Crippen LogP contribution in [-0.4, -0.2) is 70.5 Å². The quantitative estimate of drug-likeness (QED) is 0.124. The number of ether oxygens (including phenoxy) is 1. The SMILES string of the molecule is CS(=O)(=O)OCCN(CCOS(C)(=O)=O)Cc1ccc(-c2ccc3ncnc(Nc4ccc(OCc5cccc(F)c5)c(Cl)c4)c3c2)o1. The Hall–Kier alpha value is -4.12. The van der Waals surface area contributed by atoms with E-state index in [2.05, 4.69) is 15.3 Å². The van der Waals surface area contributed by atoms with Gasteiger partial charge in [0.25, 0.3) is 20.2 Å². The summed E-state index contributed by atoms with van der Waals surface area (Å²) in [6, 6.07) is 20.5. The van der Waals surface area contributed by atoms with Gasteiger partial charge in [0, 0.05) is 29.7 Å². The number of anilines is 2. The van der Waals surface area contributed by atoms with Gasteiger partial charge in [-0.15, -0.1) is 0 Å². The maximum Gasteiger partial charge on any atom is 0.264 e. The van der Waals surface area contributed by atoms with Gasteiger partial charge >= 0.3 is 0 Å². The van der Waals surface area contributed by atoms with Gasteiger partial charge in [-0.3, -0.25) is 13.3 Å². The zero-order valence-corrected chi connectivity index (χ0v) is 28.3. The minimum Gasteiger partial charge on any atom is -0.487 e. The Morgan fingerprint density at radius 2 is 1.65 bits per heavy atom. The van der Waals surface area contributed by atoms with E-state index in [9.17, 15) is 21.2 Å². The highest BCUT2D eigenvalue weighted by Crippen LogP contribution is 2.33. The summed E-state index contributed by atoms with van der Waals surface area (Å²) in [7, 11) is -7.29. The minimum absolute atomic E-state index is 0.123. The monoisotopic (exact) mass is 718 g/mol. The van der Waals surface area contributed by atoms with E-state index in [1.54, 1.807) is 47.4 Å². The number of fused-ring (bicyclic) bond motifs is 1. The molecule has 1 N–H and O–H groups in total. The highest BCUT2D eigenvalue weighted by atomic mass is 35.5. The highest BCUT2D eigenvalue weighted by molar-refractivity contribution is 7.86. The summed E-state index contributed by atoms with van der Waals surface area (Å²) >= 11 is 6.50. The number of furan rings is 1. The molecule has 0 aliphatic heterocycles. The fraction of sp³-hybridized carbons (Fsp3) is 0.250. The van der Waals surface area contributed by atoms with Crippen LogP contribution in [0.5, 0.6) is 5.75 Å². The van der Waals surface area contributed by atoms with Crippen molar-refractivity contribution in [2.75, 3.05) is 44.1 Å². The summed E-state index contributed by atoms with van der Waals surface area (Å²) in [5, 5.41) is 4.35. The summed E-state index contributed by atoms with van der Waals surface area (Å²) in [5.74, 6) is 1.75. The number of hydrogen-bond acceptors (Lipinski definition) is 12. The first-order valence-electron chi connectivity index (χ1n) is 14.5. The number of benzene rings is 3. The van der Waals surface area contributed by atoms with Crippen LogP contribution in [0.15, 0.2) is 83.5 Å². The van der Waals surface area contributed by atoms with Crippen LogP contribution in [0, 0.1) is 5.82 Å². The van der Waals surface area contributed by atoms with E-state index in [4.69, 9.17) is 29.1 Å². The summed E-state index contributed by atoms with van der Waals surface area (Å²) in [5.41, 5.74) is 2.77. The van der Waals surface area contributed by atoms with Crippen LogP contribution in [0.3, 0.4) is 0 Å². The zero-order valence-electron chi connectivity index (χ0n) is 25.9. The first-order valence-corrected chi connectivity index (χ1v) is 18.5. The van der Waals surface area contributed by atoms with Crippen molar-refractivity contribution in [2.24, 2.45) is 0 Å². The van der Waals surface area contributed by atoms with Crippen LogP contribution in [0.25, 0.3) is 22.2 Å². The molecule has 0 amide bonds. The third-order valence-electron chi connectivity index (χ3n) is 6.85. The molecule has 5 rings (SSSR count). The molecule has 2 heterocycles. The van der Waals surface area contributed by atoms with E-state index in [-0.39, 0.29) is 45.3 Å². The van der Waals surface area contributed by atoms with Gasteiger partial charge in [-0.1, -0.05) is 23.7 Å². The van der Waals surface area contributed by atoms with Crippen molar-refractivity contribution in [1.29, 1.82) is 0 Å². The van der Waals surface area contributed by atoms with Gasteiger partial charge in [-0.25, -0.2) is 14.4 Å². The fourth-order valence-electron chi connectivity index (χ4n) is 4.67. The van der Waals surface area contributed by atoms with Gasteiger partial charge in [0.2, 0.25) is 0 Å². The van der Waals surface area contributed by atoms with Crippen LogP contribution in [0.4, 0.5) is 15.9 Å². The van der Waals surface area contributed by atoms with E-state index in [0.717, 1.165) is 18.1 Å². The normalized spacial score (nSPS) is 12.1. The summed E-state index contributed by atoms with van der Waals surface area (Å²) < 4.78 is 80.7. The molecule has 0 unspecified atom stereocenters. The fourth-order valence-corrected chi connectivity index (χ4v) is 5.66. The molecule has 0 bridgehead atoms. The maximum atomic E-state index is 13.5. The lowest BCUT2D eigenvalue weighted by molar-refractivity contribution is 0.168. The average Bonchev–Trinajstić information content (AvgIpc) is 3.48. The molecule has 0 aliphatic carbocycles. The topological polar surface area (TPSA) is 150 Å². The summed E-state index contributed by atoms with van der Waals surface area (Å²) in [6.07, 6.45) is 3.36. The predicted octanol–water partition coefficient (Wildman–Crippen LogP) is 5.76. The van der Waals surface area contributed by atoms with E-state index in [1.165, 1.54) is 18.5 Å². The molecule has 0 saturated heterocycles. The lowest BCUT2D eigenvalue weighted by atomic mass is 10.1. The maximum absolute atomic E-state index is 13.5.